The Hall–Kier alpha value is -1.00. The Morgan fingerprint density at radius 2 is 2.50 bits per heavy atom. The number of nitrogens with zero attached hydrogens (tertiary/aromatic N) is 4. The summed E-state index contributed by atoms with van der Waals surface area (Å²) in [6.45, 7) is 2.23. The highest BCUT2D eigenvalue weighted by molar-refractivity contribution is 4.49. The van der Waals surface area contributed by atoms with E-state index in [0.29, 0.717) is 6.54 Å². The average molecular weight is 116 g/mol. The number of hydrogen-bond donors (Lipinski definition) is 0. The summed E-state index contributed by atoms with van der Waals surface area (Å²) in [5.41, 5.74) is 0. The number of tetrazole rings is 1. The van der Waals surface area contributed by atoms with Gasteiger partial charge in [0.05, 0.1) is 0 Å². The van der Waals surface area contributed by atoms with Gasteiger partial charge in [0.1, 0.15) is 0 Å². The minimum atomic E-state index is -0.632. The van der Waals surface area contributed by atoms with Crippen LogP contribution in [-0.2, 0) is 6.54 Å². The van der Waals surface area contributed by atoms with Crippen LogP contribution < -0.4 is 0 Å². The van der Waals surface area contributed by atoms with Gasteiger partial charge in [-0.25, -0.2) is 4.68 Å². The van der Waals surface area contributed by atoms with Crippen molar-refractivity contribution in [2.24, 2.45) is 0 Å². The number of aryl methyl sites for hydroxylation is 1. The molecule has 0 aliphatic carbocycles. The first-order valence-electron chi connectivity index (χ1n) is 2.26. The first-order chi connectivity index (χ1) is 3.84. The lowest BCUT2D eigenvalue weighted by Crippen LogP contribution is -1.99. The fourth-order valence-corrected chi connectivity index (χ4v) is 0.387. The summed E-state index contributed by atoms with van der Waals surface area (Å²) in [5.74, 6) is 0. The van der Waals surface area contributed by atoms with Crippen LogP contribution in [0.5, 0.6) is 0 Å². The molecule has 1 aromatic rings. The molecule has 44 valence electrons. The molecular weight excluding hydrogens is 111 g/mol. The van der Waals surface area contributed by atoms with Gasteiger partial charge in [-0.3, -0.25) is 0 Å². The predicted octanol–water partition coefficient (Wildman–Crippen LogP) is -0.168. The SMILES string of the molecule is CCn1nnnc1F. The average Bonchev–Trinajstić information content (AvgIpc) is 2.14. The predicted molar refractivity (Wildman–Crippen MR) is 23.4 cm³/mol. The van der Waals surface area contributed by atoms with Crippen LogP contribution in [-0.4, -0.2) is 20.2 Å². The molecule has 8 heavy (non-hydrogen) atoms. The van der Waals surface area contributed by atoms with Crippen LogP contribution in [0.2, 0.25) is 0 Å². The van der Waals surface area contributed by atoms with Crippen LogP contribution in [0, 0.1) is 6.08 Å². The molecular formula is C3H5FN4. The summed E-state index contributed by atoms with van der Waals surface area (Å²) in [6, 6.07) is 0. The van der Waals surface area contributed by atoms with E-state index in [9.17, 15) is 4.39 Å². The monoisotopic (exact) mass is 116 g/mol. The highest BCUT2D eigenvalue weighted by atomic mass is 19.1. The molecule has 1 aromatic heterocycles. The third-order valence-corrected chi connectivity index (χ3v) is 0.788. The summed E-state index contributed by atoms with van der Waals surface area (Å²) in [5, 5.41) is 9.42. The molecule has 0 amide bonds. The molecule has 0 bridgehead atoms. The fraction of sp³-hybridized carbons (Fsp3) is 0.667. The van der Waals surface area contributed by atoms with E-state index in [0.717, 1.165) is 4.68 Å². The Kier molecular flexibility index (Phi) is 1.19. The molecule has 0 aromatic carbocycles. The highest BCUT2D eigenvalue weighted by Crippen LogP contribution is 1.84. The van der Waals surface area contributed by atoms with Gasteiger partial charge >= 0.3 is 6.08 Å². The smallest absolute Gasteiger partial charge is 0.202 e. The second-order valence-electron chi connectivity index (χ2n) is 1.26. The van der Waals surface area contributed by atoms with Crippen LogP contribution in [0.1, 0.15) is 6.92 Å². The quantitative estimate of drug-likeness (QED) is 0.511. The van der Waals surface area contributed by atoms with Crippen molar-refractivity contribution >= 4 is 0 Å². The number of rotatable bonds is 1. The van der Waals surface area contributed by atoms with Gasteiger partial charge in [0.2, 0.25) is 0 Å². The van der Waals surface area contributed by atoms with Gasteiger partial charge in [-0.2, -0.15) is 4.39 Å². The van der Waals surface area contributed by atoms with Crippen molar-refractivity contribution in [3.8, 4) is 0 Å². The summed E-state index contributed by atoms with van der Waals surface area (Å²) in [4.78, 5) is 0. The first kappa shape index (κ1) is 5.14. The largest absolute Gasteiger partial charge is 0.327 e. The van der Waals surface area contributed by atoms with Crippen LogP contribution in [0.3, 0.4) is 0 Å². The minimum Gasteiger partial charge on any atom is -0.202 e. The Labute approximate surface area is 45.3 Å². The molecule has 4 nitrogen and oxygen atoms in total. The Balaban J connectivity index is 2.92. The number of aromatic nitrogens is 4. The lowest BCUT2D eigenvalue weighted by atomic mass is 10.8. The van der Waals surface area contributed by atoms with Gasteiger partial charge < -0.3 is 0 Å². The Bertz CT molecular complexity index is 172. The van der Waals surface area contributed by atoms with E-state index >= 15 is 0 Å². The number of hydrogen-bond acceptors (Lipinski definition) is 3. The van der Waals surface area contributed by atoms with Gasteiger partial charge in [-0.05, 0) is 17.4 Å². The van der Waals surface area contributed by atoms with Crippen LogP contribution in [0.4, 0.5) is 4.39 Å². The zero-order valence-electron chi connectivity index (χ0n) is 4.37. The van der Waals surface area contributed by atoms with E-state index in [1.165, 1.54) is 0 Å². The van der Waals surface area contributed by atoms with E-state index in [1.54, 1.807) is 6.92 Å². The molecule has 0 fully saturated rings. The van der Waals surface area contributed by atoms with Crippen molar-refractivity contribution < 1.29 is 4.39 Å². The van der Waals surface area contributed by atoms with Crippen LogP contribution in [0.15, 0.2) is 0 Å². The molecule has 0 radical (unpaired) electrons. The minimum absolute atomic E-state index is 0.471. The molecule has 0 spiro atoms. The van der Waals surface area contributed by atoms with Crippen LogP contribution >= 0.6 is 0 Å². The molecule has 1 rings (SSSR count). The molecule has 0 saturated heterocycles. The first-order valence-corrected chi connectivity index (χ1v) is 2.26. The molecule has 0 unspecified atom stereocenters. The van der Waals surface area contributed by atoms with Gasteiger partial charge in [0.15, 0.2) is 0 Å². The summed E-state index contributed by atoms with van der Waals surface area (Å²) < 4.78 is 13.1. The zero-order valence-corrected chi connectivity index (χ0v) is 4.37. The van der Waals surface area contributed by atoms with E-state index in [2.05, 4.69) is 15.5 Å². The second kappa shape index (κ2) is 1.85. The number of halogens is 1. The van der Waals surface area contributed by atoms with E-state index in [1.807, 2.05) is 0 Å². The summed E-state index contributed by atoms with van der Waals surface area (Å²) >= 11 is 0. The third-order valence-electron chi connectivity index (χ3n) is 0.788. The molecule has 0 aliphatic heterocycles. The van der Waals surface area contributed by atoms with Crippen molar-refractivity contribution in [3.05, 3.63) is 6.08 Å². The van der Waals surface area contributed by atoms with Gasteiger partial charge in [-0.1, -0.05) is 5.10 Å². The zero-order chi connectivity index (χ0) is 5.98. The van der Waals surface area contributed by atoms with Crippen molar-refractivity contribution in [3.63, 3.8) is 0 Å². The molecule has 0 aliphatic rings. The molecule has 0 atom stereocenters. The highest BCUT2D eigenvalue weighted by Gasteiger charge is 1.97. The molecule has 1 heterocycles. The van der Waals surface area contributed by atoms with Crippen molar-refractivity contribution in [1.82, 2.24) is 20.2 Å². The van der Waals surface area contributed by atoms with E-state index < -0.39 is 6.08 Å². The maximum absolute atomic E-state index is 12.1. The van der Waals surface area contributed by atoms with Gasteiger partial charge in [0.25, 0.3) is 0 Å². The Morgan fingerprint density at radius 3 is 2.75 bits per heavy atom. The summed E-state index contributed by atoms with van der Waals surface area (Å²) in [7, 11) is 0. The van der Waals surface area contributed by atoms with Crippen LogP contribution in [0.25, 0.3) is 0 Å². The van der Waals surface area contributed by atoms with Crippen molar-refractivity contribution in [1.29, 1.82) is 0 Å². The summed E-state index contributed by atoms with van der Waals surface area (Å²) in [6.07, 6.45) is -0.632. The fourth-order valence-electron chi connectivity index (χ4n) is 0.387. The maximum atomic E-state index is 12.1. The van der Waals surface area contributed by atoms with E-state index in [-0.39, 0.29) is 0 Å². The standard InChI is InChI=1S/C3H5FN4/c1-2-8-3(4)5-6-7-8/h2H2,1H3. The second-order valence-corrected chi connectivity index (χ2v) is 1.26. The topological polar surface area (TPSA) is 43.6 Å². The van der Waals surface area contributed by atoms with Crippen molar-refractivity contribution in [2.75, 3.05) is 0 Å². The molecule has 0 saturated carbocycles. The normalized spacial score (nSPS) is 9.75. The Morgan fingerprint density at radius 1 is 1.75 bits per heavy atom. The van der Waals surface area contributed by atoms with Gasteiger partial charge in [-0.15, -0.1) is 0 Å². The lowest BCUT2D eigenvalue weighted by Gasteiger charge is -1.86. The molecule has 0 N–H and O–H groups in total. The molecule has 5 heteroatoms. The lowest BCUT2D eigenvalue weighted by molar-refractivity contribution is 0.449. The maximum Gasteiger partial charge on any atom is 0.327 e. The van der Waals surface area contributed by atoms with Crippen molar-refractivity contribution in [2.45, 2.75) is 13.5 Å². The van der Waals surface area contributed by atoms with E-state index in [4.69, 9.17) is 0 Å². The third kappa shape index (κ3) is 0.661. The van der Waals surface area contributed by atoms with Gasteiger partial charge in [0, 0.05) is 6.54 Å².